The molecule has 1 N–H and O–H groups in total. The van der Waals surface area contributed by atoms with Gasteiger partial charge in [0.1, 0.15) is 0 Å². The SMILES string of the molecule is c1cc2c3c(c1)[C@@H]1CNCC[C@H]1N3CCS2. The Kier molecular flexibility index (Phi) is 2.00. The molecule has 0 aromatic heterocycles. The maximum absolute atomic E-state index is 3.55. The van der Waals surface area contributed by atoms with Gasteiger partial charge in [0.25, 0.3) is 0 Å². The first kappa shape index (κ1) is 9.37. The van der Waals surface area contributed by atoms with Gasteiger partial charge in [-0.25, -0.2) is 0 Å². The topological polar surface area (TPSA) is 15.3 Å². The van der Waals surface area contributed by atoms with Crippen LogP contribution in [0.25, 0.3) is 0 Å². The van der Waals surface area contributed by atoms with E-state index in [0.29, 0.717) is 0 Å². The smallest absolute Gasteiger partial charge is 0.0544 e. The summed E-state index contributed by atoms with van der Waals surface area (Å²) in [6.07, 6.45) is 1.31. The summed E-state index contributed by atoms with van der Waals surface area (Å²) in [5.41, 5.74) is 3.17. The predicted molar refractivity (Wildman–Crippen MR) is 68.5 cm³/mol. The molecule has 0 bridgehead atoms. The summed E-state index contributed by atoms with van der Waals surface area (Å²) in [5, 5.41) is 3.55. The van der Waals surface area contributed by atoms with Crippen LogP contribution in [-0.4, -0.2) is 31.4 Å². The monoisotopic (exact) mass is 232 g/mol. The zero-order chi connectivity index (χ0) is 10.5. The van der Waals surface area contributed by atoms with Crippen LogP contribution in [0.1, 0.15) is 17.9 Å². The van der Waals surface area contributed by atoms with Crippen molar-refractivity contribution >= 4 is 17.4 Å². The molecule has 0 unspecified atom stereocenters. The summed E-state index contributed by atoms with van der Waals surface area (Å²) in [6.45, 7) is 3.60. The van der Waals surface area contributed by atoms with Crippen LogP contribution in [0.4, 0.5) is 5.69 Å². The molecule has 3 heterocycles. The zero-order valence-electron chi connectivity index (χ0n) is 9.28. The summed E-state index contributed by atoms with van der Waals surface area (Å²) in [6, 6.07) is 7.65. The minimum atomic E-state index is 0.738. The van der Waals surface area contributed by atoms with Gasteiger partial charge in [-0.3, -0.25) is 0 Å². The first-order chi connectivity index (χ1) is 7.95. The Balaban J connectivity index is 1.89. The van der Waals surface area contributed by atoms with Gasteiger partial charge in [0.2, 0.25) is 0 Å². The van der Waals surface area contributed by atoms with Crippen molar-refractivity contribution < 1.29 is 0 Å². The van der Waals surface area contributed by atoms with Crippen LogP contribution in [0.15, 0.2) is 23.1 Å². The normalized spacial score (nSPS) is 31.1. The van der Waals surface area contributed by atoms with Gasteiger partial charge in [-0.05, 0) is 24.6 Å². The summed E-state index contributed by atoms with van der Waals surface area (Å²) < 4.78 is 0. The van der Waals surface area contributed by atoms with Crippen molar-refractivity contribution in [3.05, 3.63) is 23.8 Å². The molecule has 1 saturated heterocycles. The number of thioether (sulfide) groups is 1. The third kappa shape index (κ3) is 1.13. The maximum Gasteiger partial charge on any atom is 0.0544 e. The van der Waals surface area contributed by atoms with E-state index in [2.05, 4.69) is 28.4 Å². The van der Waals surface area contributed by atoms with Crippen molar-refractivity contribution in [2.24, 2.45) is 0 Å². The lowest BCUT2D eigenvalue weighted by Crippen LogP contribution is -2.45. The molecule has 3 heteroatoms. The van der Waals surface area contributed by atoms with Gasteiger partial charge >= 0.3 is 0 Å². The first-order valence-electron chi connectivity index (χ1n) is 6.18. The Labute approximate surface area is 100 Å². The Bertz CT molecular complexity index is 432. The molecule has 0 amide bonds. The average Bonchev–Trinajstić information content (AvgIpc) is 2.68. The van der Waals surface area contributed by atoms with Crippen molar-refractivity contribution in [3.63, 3.8) is 0 Å². The minimum absolute atomic E-state index is 0.738. The van der Waals surface area contributed by atoms with E-state index < -0.39 is 0 Å². The molecule has 3 aliphatic rings. The van der Waals surface area contributed by atoms with Crippen molar-refractivity contribution in [2.45, 2.75) is 23.3 Å². The fourth-order valence-corrected chi connectivity index (χ4v) is 4.55. The Morgan fingerprint density at radius 3 is 3.38 bits per heavy atom. The fourth-order valence-electron chi connectivity index (χ4n) is 3.49. The van der Waals surface area contributed by atoms with E-state index in [1.165, 1.54) is 36.7 Å². The quantitative estimate of drug-likeness (QED) is 0.737. The number of rotatable bonds is 0. The summed E-state index contributed by atoms with van der Waals surface area (Å²) in [5.74, 6) is 2.00. The number of anilines is 1. The Morgan fingerprint density at radius 2 is 2.38 bits per heavy atom. The number of hydrogen-bond acceptors (Lipinski definition) is 3. The van der Waals surface area contributed by atoms with E-state index in [1.54, 1.807) is 11.3 Å². The van der Waals surface area contributed by atoms with Gasteiger partial charge in [-0.2, -0.15) is 0 Å². The number of nitrogens with zero attached hydrogens (tertiary/aromatic N) is 1. The predicted octanol–water partition coefficient (Wildman–Crippen LogP) is 2.06. The molecule has 84 valence electrons. The highest BCUT2D eigenvalue weighted by molar-refractivity contribution is 7.99. The van der Waals surface area contributed by atoms with Gasteiger partial charge in [0.05, 0.1) is 5.69 Å². The second-order valence-corrected chi connectivity index (χ2v) is 6.04. The standard InChI is InChI=1S/C13H16N2S/c1-2-9-10-8-14-5-4-11(10)15-6-7-16-12(3-1)13(9)15/h1-3,10-11,14H,4-8H2/t10-,11+/m0/s1. The van der Waals surface area contributed by atoms with Crippen LogP contribution >= 0.6 is 11.8 Å². The van der Waals surface area contributed by atoms with E-state index in [1.807, 2.05) is 11.8 Å². The third-order valence-corrected chi connectivity index (χ3v) is 5.18. The molecular formula is C13H16N2S. The number of benzene rings is 1. The fraction of sp³-hybridized carbons (Fsp3) is 0.538. The van der Waals surface area contributed by atoms with Gasteiger partial charge in [0.15, 0.2) is 0 Å². The highest BCUT2D eigenvalue weighted by atomic mass is 32.2. The van der Waals surface area contributed by atoms with Crippen LogP contribution in [0.5, 0.6) is 0 Å². The highest BCUT2D eigenvalue weighted by Gasteiger charge is 2.41. The Hall–Kier alpha value is -0.670. The molecule has 0 saturated carbocycles. The summed E-state index contributed by atoms with van der Waals surface area (Å²) in [4.78, 5) is 4.20. The molecule has 2 nitrogen and oxygen atoms in total. The zero-order valence-corrected chi connectivity index (χ0v) is 10.1. The molecule has 1 aromatic rings. The lowest BCUT2D eigenvalue weighted by Gasteiger charge is -2.36. The van der Waals surface area contributed by atoms with E-state index in [4.69, 9.17) is 0 Å². The number of hydrogen-bond donors (Lipinski definition) is 1. The summed E-state index contributed by atoms with van der Waals surface area (Å²) in [7, 11) is 0. The van der Waals surface area contributed by atoms with Crippen LogP contribution in [0.2, 0.25) is 0 Å². The number of piperidine rings is 1. The molecule has 0 radical (unpaired) electrons. The summed E-state index contributed by atoms with van der Waals surface area (Å²) >= 11 is 2.03. The molecule has 4 rings (SSSR count). The number of para-hydroxylation sites is 1. The largest absolute Gasteiger partial charge is 0.366 e. The molecular weight excluding hydrogens is 216 g/mol. The molecule has 0 aliphatic carbocycles. The molecule has 3 aliphatic heterocycles. The lowest BCUT2D eigenvalue weighted by molar-refractivity contribution is 0.405. The van der Waals surface area contributed by atoms with E-state index in [-0.39, 0.29) is 0 Å². The van der Waals surface area contributed by atoms with Crippen LogP contribution in [-0.2, 0) is 0 Å². The third-order valence-electron chi connectivity index (χ3n) is 4.15. The van der Waals surface area contributed by atoms with Crippen molar-refractivity contribution in [1.82, 2.24) is 5.32 Å². The van der Waals surface area contributed by atoms with Gasteiger partial charge in [-0.1, -0.05) is 12.1 Å². The van der Waals surface area contributed by atoms with E-state index >= 15 is 0 Å². The minimum Gasteiger partial charge on any atom is -0.366 e. The van der Waals surface area contributed by atoms with Crippen LogP contribution < -0.4 is 10.2 Å². The van der Waals surface area contributed by atoms with Crippen molar-refractivity contribution in [3.8, 4) is 0 Å². The second-order valence-electron chi connectivity index (χ2n) is 4.90. The van der Waals surface area contributed by atoms with Gasteiger partial charge in [-0.15, -0.1) is 11.8 Å². The Morgan fingerprint density at radius 1 is 1.38 bits per heavy atom. The van der Waals surface area contributed by atoms with Gasteiger partial charge < -0.3 is 10.2 Å². The molecule has 2 atom stereocenters. The molecule has 1 fully saturated rings. The molecule has 0 spiro atoms. The molecule has 16 heavy (non-hydrogen) atoms. The van der Waals surface area contributed by atoms with E-state index in [0.717, 1.165) is 12.0 Å². The second kappa shape index (κ2) is 3.41. The van der Waals surface area contributed by atoms with Crippen LogP contribution in [0.3, 0.4) is 0 Å². The first-order valence-corrected chi connectivity index (χ1v) is 7.17. The average molecular weight is 232 g/mol. The number of nitrogens with one attached hydrogen (secondary N) is 1. The lowest BCUT2D eigenvalue weighted by atomic mass is 9.90. The van der Waals surface area contributed by atoms with E-state index in [9.17, 15) is 0 Å². The maximum atomic E-state index is 3.55. The van der Waals surface area contributed by atoms with Crippen LogP contribution in [0, 0.1) is 0 Å². The molecule has 1 aromatic carbocycles. The highest BCUT2D eigenvalue weighted by Crippen LogP contribution is 2.49. The van der Waals surface area contributed by atoms with Crippen molar-refractivity contribution in [1.29, 1.82) is 0 Å². The van der Waals surface area contributed by atoms with Crippen molar-refractivity contribution in [2.75, 3.05) is 30.3 Å². The number of fused-ring (bicyclic) bond motifs is 3. The van der Waals surface area contributed by atoms with Gasteiger partial charge in [0, 0.05) is 35.7 Å².